The molecule has 6 heteroatoms. The highest BCUT2D eigenvalue weighted by Gasteiger charge is 2.12. The van der Waals surface area contributed by atoms with Gasteiger partial charge in [-0.25, -0.2) is 9.97 Å². The highest BCUT2D eigenvalue weighted by molar-refractivity contribution is 6.28. The number of hydrogen-bond acceptors (Lipinski definition) is 4. The molecule has 1 unspecified atom stereocenters. The van der Waals surface area contributed by atoms with Crippen LogP contribution >= 0.6 is 24.0 Å². The molecule has 2 N–H and O–H groups in total. The molecular formula is C10H16Cl2N4. The van der Waals surface area contributed by atoms with Gasteiger partial charge in [0.05, 0.1) is 5.69 Å². The topological polar surface area (TPSA) is 49.8 Å². The summed E-state index contributed by atoms with van der Waals surface area (Å²) in [5.74, 6) is 0. The van der Waals surface area contributed by atoms with Crippen LogP contribution in [0.5, 0.6) is 0 Å². The molecule has 0 radical (unpaired) electrons. The van der Waals surface area contributed by atoms with Crippen LogP contribution in [0.1, 0.15) is 18.5 Å². The van der Waals surface area contributed by atoms with Crippen LogP contribution in [0.4, 0.5) is 0 Å². The lowest BCUT2D eigenvalue weighted by Gasteiger charge is -2.10. The Bertz CT molecular complexity index is 315. The van der Waals surface area contributed by atoms with Crippen molar-refractivity contribution in [2.45, 2.75) is 25.4 Å². The van der Waals surface area contributed by atoms with Crippen LogP contribution in [0.25, 0.3) is 0 Å². The van der Waals surface area contributed by atoms with Gasteiger partial charge in [-0.05, 0) is 37.1 Å². The molecule has 2 rings (SSSR count). The van der Waals surface area contributed by atoms with E-state index in [1.807, 2.05) is 6.07 Å². The summed E-state index contributed by atoms with van der Waals surface area (Å²) >= 11 is 5.69. The maximum Gasteiger partial charge on any atom is 0.222 e. The Balaban J connectivity index is 0.00000128. The molecule has 0 spiro atoms. The summed E-state index contributed by atoms with van der Waals surface area (Å²) < 4.78 is 0. The fourth-order valence-corrected chi connectivity index (χ4v) is 1.94. The van der Waals surface area contributed by atoms with Gasteiger partial charge in [0.25, 0.3) is 0 Å². The van der Waals surface area contributed by atoms with Crippen LogP contribution < -0.4 is 10.6 Å². The molecule has 1 aliphatic heterocycles. The molecule has 1 aromatic heterocycles. The highest BCUT2D eigenvalue weighted by atomic mass is 35.5. The standard InChI is InChI=1S/C10H15ClN4.ClH/c11-10-14-5-3-9(15-10)7-12-6-8-2-1-4-13-8;/h3,5,8,12-13H,1-2,4,6-7H2;1H. The van der Waals surface area contributed by atoms with E-state index in [1.54, 1.807) is 6.20 Å². The first kappa shape index (κ1) is 13.6. The average molecular weight is 263 g/mol. The van der Waals surface area contributed by atoms with E-state index in [4.69, 9.17) is 11.6 Å². The summed E-state index contributed by atoms with van der Waals surface area (Å²) in [5, 5.41) is 7.11. The molecule has 4 nitrogen and oxygen atoms in total. The van der Waals surface area contributed by atoms with E-state index in [9.17, 15) is 0 Å². The largest absolute Gasteiger partial charge is 0.313 e. The van der Waals surface area contributed by atoms with Gasteiger partial charge in [-0.2, -0.15) is 0 Å². The van der Waals surface area contributed by atoms with Crippen molar-refractivity contribution in [3.63, 3.8) is 0 Å². The fourth-order valence-electron chi connectivity index (χ4n) is 1.77. The monoisotopic (exact) mass is 262 g/mol. The molecule has 0 bridgehead atoms. The molecule has 1 atom stereocenters. The van der Waals surface area contributed by atoms with Crippen molar-refractivity contribution in [3.05, 3.63) is 23.2 Å². The number of nitrogens with zero attached hydrogens (tertiary/aromatic N) is 2. The van der Waals surface area contributed by atoms with Gasteiger partial charge < -0.3 is 10.6 Å². The third kappa shape index (κ3) is 4.22. The predicted octanol–water partition coefficient (Wildman–Crippen LogP) is 1.39. The smallest absolute Gasteiger partial charge is 0.222 e. The molecule has 16 heavy (non-hydrogen) atoms. The summed E-state index contributed by atoms with van der Waals surface area (Å²) in [6.07, 6.45) is 4.23. The third-order valence-electron chi connectivity index (χ3n) is 2.54. The van der Waals surface area contributed by atoms with Gasteiger partial charge in [0.15, 0.2) is 0 Å². The maximum atomic E-state index is 5.69. The lowest BCUT2D eigenvalue weighted by atomic mass is 10.2. The Morgan fingerprint density at radius 3 is 3.12 bits per heavy atom. The Kier molecular flexibility index (Phi) is 5.98. The maximum absolute atomic E-state index is 5.69. The van der Waals surface area contributed by atoms with E-state index in [1.165, 1.54) is 12.8 Å². The Labute approximate surface area is 107 Å². The second kappa shape index (κ2) is 7.01. The van der Waals surface area contributed by atoms with E-state index < -0.39 is 0 Å². The normalized spacial score (nSPS) is 19.4. The van der Waals surface area contributed by atoms with E-state index in [0.717, 1.165) is 25.3 Å². The van der Waals surface area contributed by atoms with Crippen LogP contribution in [0.3, 0.4) is 0 Å². The molecule has 1 fully saturated rings. The minimum atomic E-state index is 0. The van der Waals surface area contributed by atoms with Crippen LogP contribution in [0.2, 0.25) is 5.28 Å². The molecule has 0 saturated carbocycles. The minimum absolute atomic E-state index is 0. The van der Waals surface area contributed by atoms with E-state index in [2.05, 4.69) is 20.6 Å². The third-order valence-corrected chi connectivity index (χ3v) is 2.73. The lowest BCUT2D eigenvalue weighted by Crippen LogP contribution is -2.33. The molecule has 90 valence electrons. The molecular weight excluding hydrogens is 247 g/mol. The Hall–Kier alpha value is -0.420. The van der Waals surface area contributed by atoms with Crippen molar-refractivity contribution in [2.75, 3.05) is 13.1 Å². The van der Waals surface area contributed by atoms with Crippen molar-refractivity contribution in [3.8, 4) is 0 Å². The van der Waals surface area contributed by atoms with E-state index in [0.29, 0.717) is 11.3 Å². The molecule has 0 aromatic carbocycles. The van der Waals surface area contributed by atoms with Crippen molar-refractivity contribution < 1.29 is 0 Å². The van der Waals surface area contributed by atoms with E-state index in [-0.39, 0.29) is 12.4 Å². The quantitative estimate of drug-likeness (QED) is 0.806. The second-order valence-corrected chi connectivity index (χ2v) is 4.08. The molecule has 1 aliphatic rings. The zero-order valence-corrected chi connectivity index (χ0v) is 10.5. The molecule has 0 aliphatic carbocycles. The van der Waals surface area contributed by atoms with Gasteiger partial charge in [-0.3, -0.25) is 0 Å². The number of rotatable bonds is 4. The van der Waals surface area contributed by atoms with Gasteiger partial charge >= 0.3 is 0 Å². The highest BCUT2D eigenvalue weighted by Crippen LogP contribution is 2.04. The van der Waals surface area contributed by atoms with Crippen molar-refractivity contribution in [1.82, 2.24) is 20.6 Å². The van der Waals surface area contributed by atoms with Gasteiger partial charge in [-0.1, -0.05) is 0 Å². The lowest BCUT2D eigenvalue weighted by molar-refractivity contribution is 0.532. The second-order valence-electron chi connectivity index (χ2n) is 3.74. The number of aromatic nitrogens is 2. The summed E-state index contributed by atoms with van der Waals surface area (Å²) in [6, 6.07) is 2.49. The molecule has 2 heterocycles. The first-order valence-corrected chi connectivity index (χ1v) is 5.64. The fraction of sp³-hybridized carbons (Fsp3) is 0.600. The molecule has 0 amide bonds. The van der Waals surface area contributed by atoms with Crippen molar-refractivity contribution in [2.24, 2.45) is 0 Å². The van der Waals surface area contributed by atoms with Crippen LogP contribution in [0.15, 0.2) is 12.3 Å². The summed E-state index contributed by atoms with van der Waals surface area (Å²) in [5.41, 5.74) is 0.938. The summed E-state index contributed by atoms with van der Waals surface area (Å²) in [4.78, 5) is 7.95. The van der Waals surface area contributed by atoms with Gasteiger partial charge in [0.2, 0.25) is 5.28 Å². The first-order valence-electron chi connectivity index (χ1n) is 5.26. The van der Waals surface area contributed by atoms with Gasteiger partial charge in [0.1, 0.15) is 0 Å². The number of hydrogen-bond donors (Lipinski definition) is 2. The molecule has 1 saturated heterocycles. The predicted molar refractivity (Wildman–Crippen MR) is 67.0 cm³/mol. The summed E-state index contributed by atoms with van der Waals surface area (Å²) in [7, 11) is 0. The minimum Gasteiger partial charge on any atom is -0.313 e. The van der Waals surface area contributed by atoms with Crippen molar-refractivity contribution >= 4 is 24.0 Å². The SMILES string of the molecule is Cl.Clc1nccc(CNCC2CCCN2)n1. The van der Waals surface area contributed by atoms with Crippen LogP contribution in [-0.2, 0) is 6.54 Å². The number of nitrogens with one attached hydrogen (secondary N) is 2. The van der Waals surface area contributed by atoms with Crippen LogP contribution in [0, 0.1) is 0 Å². The van der Waals surface area contributed by atoms with E-state index >= 15 is 0 Å². The zero-order chi connectivity index (χ0) is 10.5. The van der Waals surface area contributed by atoms with Crippen LogP contribution in [-0.4, -0.2) is 29.1 Å². The summed E-state index contributed by atoms with van der Waals surface area (Å²) in [6.45, 7) is 2.88. The molecule has 1 aromatic rings. The van der Waals surface area contributed by atoms with Crippen molar-refractivity contribution in [1.29, 1.82) is 0 Å². The number of halogens is 2. The average Bonchev–Trinajstić information content (AvgIpc) is 2.71. The first-order chi connectivity index (χ1) is 7.34. The van der Waals surface area contributed by atoms with Gasteiger partial charge in [0, 0.05) is 25.3 Å². The zero-order valence-electron chi connectivity index (χ0n) is 8.95. The Morgan fingerprint density at radius 2 is 2.44 bits per heavy atom. The Morgan fingerprint density at radius 1 is 1.56 bits per heavy atom. The van der Waals surface area contributed by atoms with Gasteiger partial charge in [-0.15, -0.1) is 12.4 Å².